The number of ether oxygens (including phenoxy) is 1. The number of hydrogen-bond donors (Lipinski definition) is 1. The van der Waals surface area contributed by atoms with Crippen molar-refractivity contribution in [2.75, 3.05) is 12.9 Å². The molecule has 1 fully saturated rings. The topological polar surface area (TPSA) is 104 Å². The first-order valence-electron chi connectivity index (χ1n) is 9.78. The Morgan fingerprint density at radius 3 is 2.77 bits per heavy atom. The van der Waals surface area contributed by atoms with E-state index < -0.39 is 38.2 Å². The number of amides is 1. The molecule has 2 aromatic rings. The molecule has 0 spiro atoms. The molecule has 1 N–H and O–H groups in total. The number of fused-ring (bicyclic) bond motifs is 1. The number of pyridine rings is 1. The second kappa shape index (κ2) is 9.35. The number of rotatable bonds is 7. The van der Waals surface area contributed by atoms with Gasteiger partial charge in [-0.3, -0.25) is 9.59 Å². The quantitative estimate of drug-likeness (QED) is 0.565. The Hall–Kier alpha value is -1.82. The summed E-state index contributed by atoms with van der Waals surface area (Å²) in [4.78, 5) is 30.7. The van der Waals surface area contributed by atoms with Crippen LogP contribution < -0.4 is 11.0 Å². The molecule has 11 heteroatoms. The molecule has 8 nitrogen and oxygen atoms in total. The lowest BCUT2D eigenvalue weighted by atomic mass is 10.1. The highest BCUT2D eigenvalue weighted by molar-refractivity contribution is 9.10. The molecule has 170 valence electrons. The van der Waals surface area contributed by atoms with E-state index in [0.717, 1.165) is 29.9 Å². The minimum absolute atomic E-state index is 0.153. The third-order valence-electron chi connectivity index (χ3n) is 5.55. The van der Waals surface area contributed by atoms with E-state index in [2.05, 4.69) is 21.4 Å². The number of aryl methyl sites for hydroxylation is 1. The van der Waals surface area contributed by atoms with E-state index in [-0.39, 0.29) is 23.7 Å². The number of nitrogens with one attached hydrogen (secondary N) is 1. The van der Waals surface area contributed by atoms with Crippen LogP contribution >= 0.6 is 15.9 Å². The lowest BCUT2D eigenvalue weighted by molar-refractivity contribution is -0.201. The zero-order chi connectivity index (χ0) is 22.8. The second-order valence-electron chi connectivity index (χ2n) is 7.76. The zero-order valence-electron chi connectivity index (χ0n) is 17.2. The zero-order valence-corrected chi connectivity index (χ0v) is 19.6. The highest BCUT2D eigenvalue weighted by Gasteiger charge is 2.44. The van der Waals surface area contributed by atoms with Crippen LogP contribution in [0.4, 0.5) is 4.39 Å². The van der Waals surface area contributed by atoms with E-state index in [0.29, 0.717) is 17.5 Å². The Bertz CT molecular complexity index is 1150. The molecule has 2 atom stereocenters. The molecular weight excluding hydrogens is 495 g/mol. The summed E-state index contributed by atoms with van der Waals surface area (Å²) in [6, 6.07) is 4.60. The Kier molecular flexibility index (Phi) is 7.19. The van der Waals surface area contributed by atoms with Gasteiger partial charge >= 0.3 is 0 Å². The standard InChI is InChI=1S/C20H24BrFN2O6S/c1-20(31(2,27)28,19(26)23-30-17-5-3-4-10-29-17)8-9-24-12-16(22)15-11-13(21)6-7-14(15)18(24)25/h6-7,11-12,17H,3-5,8-10H2,1-2H3,(H,23,26). The summed E-state index contributed by atoms with van der Waals surface area (Å²) in [5, 5.41) is 0.312. The summed E-state index contributed by atoms with van der Waals surface area (Å²) in [6.45, 7) is 1.57. The van der Waals surface area contributed by atoms with Crippen molar-refractivity contribution in [3.8, 4) is 0 Å². The number of carbonyl (C=O) groups is 1. The number of carbonyl (C=O) groups excluding carboxylic acids is 1. The average molecular weight is 519 g/mol. The van der Waals surface area contributed by atoms with Gasteiger partial charge in [0.15, 0.2) is 20.9 Å². The molecule has 2 unspecified atom stereocenters. The molecular formula is C20H24BrFN2O6S. The first-order valence-corrected chi connectivity index (χ1v) is 12.5. The largest absolute Gasteiger partial charge is 0.350 e. The number of hydrogen-bond acceptors (Lipinski definition) is 6. The molecule has 1 aliphatic rings. The molecule has 31 heavy (non-hydrogen) atoms. The second-order valence-corrected chi connectivity index (χ2v) is 11.1. The van der Waals surface area contributed by atoms with E-state index in [4.69, 9.17) is 9.57 Å². The molecule has 0 saturated carbocycles. The molecule has 0 radical (unpaired) electrons. The minimum atomic E-state index is -3.91. The summed E-state index contributed by atoms with van der Waals surface area (Å²) in [7, 11) is -3.91. The van der Waals surface area contributed by atoms with Gasteiger partial charge in [-0.05, 0) is 44.4 Å². The van der Waals surface area contributed by atoms with Gasteiger partial charge in [0.2, 0.25) is 0 Å². The maximum absolute atomic E-state index is 14.5. The van der Waals surface area contributed by atoms with E-state index in [9.17, 15) is 22.4 Å². The van der Waals surface area contributed by atoms with Crippen LogP contribution in [0.2, 0.25) is 0 Å². The number of halogens is 2. The maximum atomic E-state index is 14.5. The monoisotopic (exact) mass is 518 g/mol. The summed E-state index contributed by atoms with van der Waals surface area (Å²) in [5.74, 6) is -1.50. The van der Waals surface area contributed by atoms with Crippen molar-refractivity contribution in [3.05, 3.63) is 45.0 Å². The number of aromatic nitrogens is 1. The van der Waals surface area contributed by atoms with Crippen molar-refractivity contribution in [2.24, 2.45) is 0 Å². The van der Waals surface area contributed by atoms with E-state index in [1.807, 2.05) is 0 Å². The molecule has 1 amide bonds. The third-order valence-corrected chi connectivity index (χ3v) is 8.07. The van der Waals surface area contributed by atoms with Crippen LogP contribution in [0.3, 0.4) is 0 Å². The van der Waals surface area contributed by atoms with Crippen molar-refractivity contribution in [2.45, 2.75) is 50.2 Å². The van der Waals surface area contributed by atoms with Gasteiger partial charge < -0.3 is 9.30 Å². The van der Waals surface area contributed by atoms with Gasteiger partial charge in [-0.25, -0.2) is 23.1 Å². The number of hydroxylamine groups is 1. The van der Waals surface area contributed by atoms with Crippen LogP contribution in [-0.2, 0) is 30.8 Å². The summed E-state index contributed by atoms with van der Waals surface area (Å²) < 4.78 is 44.6. The fourth-order valence-electron chi connectivity index (χ4n) is 3.32. The van der Waals surface area contributed by atoms with Crippen LogP contribution in [0.25, 0.3) is 10.8 Å². The van der Waals surface area contributed by atoms with Crippen molar-refractivity contribution in [3.63, 3.8) is 0 Å². The third kappa shape index (κ3) is 5.16. The van der Waals surface area contributed by atoms with Crippen molar-refractivity contribution >= 4 is 42.4 Å². The SMILES string of the molecule is CC(CCn1cc(F)c2cc(Br)ccc2c1=O)(C(=O)NOC1CCCCO1)S(C)(=O)=O. The first-order chi connectivity index (χ1) is 14.5. The summed E-state index contributed by atoms with van der Waals surface area (Å²) >= 11 is 3.24. The number of benzene rings is 1. The lowest BCUT2D eigenvalue weighted by Gasteiger charge is -2.28. The van der Waals surface area contributed by atoms with Crippen LogP contribution in [0.1, 0.15) is 32.6 Å². The predicted molar refractivity (Wildman–Crippen MR) is 117 cm³/mol. The van der Waals surface area contributed by atoms with Gasteiger partial charge in [0.1, 0.15) is 5.82 Å². The molecule has 2 heterocycles. The molecule has 1 saturated heterocycles. The smallest absolute Gasteiger partial charge is 0.264 e. The van der Waals surface area contributed by atoms with Crippen molar-refractivity contribution in [1.29, 1.82) is 0 Å². The number of sulfone groups is 1. The van der Waals surface area contributed by atoms with E-state index in [1.165, 1.54) is 19.1 Å². The van der Waals surface area contributed by atoms with E-state index >= 15 is 0 Å². The van der Waals surface area contributed by atoms with Gasteiger partial charge in [0.25, 0.3) is 11.5 Å². The average Bonchev–Trinajstić information content (AvgIpc) is 2.73. The van der Waals surface area contributed by atoms with Crippen LogP contribution in [0, 0.1) is 5.82 Å². The lowest BCUT2D eigenvalue weighted by Crippen LogP contribution is -2.51. The summed E-state index contributed by atoms with van der Waals surface area (Å²) in [6.07, 6.45) is 3.40. The Balaban J connectivity index is 1.81. The van der Waals surface area contributed by atoms with E-state index in [1.54, 1.807) is 6.07 Å². The van der Waals surface area contributed by atoms with Gasteiger partial charge in [-0.2, -0.15) is 0 Å². The Morgan fingerprint density at radius 2 is 2.13 bits per heavy atom. The fraction of sp³-hybridized carbons (Fsp3) is 0.500. The van der Waals surface area contributed by atoms with Crippen LogP contribution in [0.5, 0.6) is 0 Å². The molecule has 0 bridgehead atoms. The number of nitrogens with zero attached hydrogens (tertiary/aromatic N) is 1. The van der Waals surface area contributed by atoms with Crippen LogP contribution in [-0.4, -0.2) is 42.8 Å². The Morgan fingerprint density at radius 1 is 1.39 bits per heavy atom. The first kappa shape index (κ1) is 23.8. The van der Waals surface area contributed by atoms with Gasteiger partial charge in [-0.1, -0.05) is 15.9 Å². The Labute approximate surface area is 187 Å². The fourth-order valence-corrected chi connectivity index (χ4v) is 4.52. The molecule has 3 rings (SSSR count). The normalized spacial score (nSPS) is 19.2. The van der Waals surface area contributed by atoms with Gasteiger partial charge in [0, 0.05) is 41.9 Å². The van der Waals surface area contributed by atoms with Gasteiger partial charge in [-0.15, -0.1) is 0 Å². The molecule has 1 aromatic carbocycles. The van der Waals surface area contributed by atoms with Gasteiger partial charge in [0.05, 0.1) is 5.39 Å². The molecule has 0 aliphatic carbocycles. The summed E-state index contributed by atoms with van der Waals surface area (Å²) in [5.41, 5.74) is 1.71. The highest BCUT2D eigenvalue weighted by atomic mass is 79.9. The molecule has 1 aliphatic heterocycles. The van der Waals surface area contributed by atoms with Crippen LogP contribution in [0.15, 0.2) is 33.7 Å². The maximum Gasteiger partial charge on any atom is 0.264 e. The molecule has 1 aromatic heterocycles. The minimum Gasteiger partial charge on any atom is -0.350 e. The predicted octanol–water partition coefficient (Wildman–Crippen LogP) is 2.67. The van der Waals surface area contributed by atoms with Crippen molar-refractivity contribution < 1.29 is 27.2 Å². The highest BCUT2D eigenvalue weighted by Crippen LogP contribution is 2.24. The van der Waals surface area contributed by atoms with Crippen molar-refractivity contribution in [1.82, 2.24) is 10.0 Å².